The molecule has 0 heterocycles. The topological polar surface area (TPSA) is 0 Å². The van der Waals surface area contributed by atoms with Crippen molar-refractivity contribution in [2.75, 3.05) is 24.6 Å². The molecule has 0 bridgehead atoms. The van der Waals surface area contributed by atoms with Gasteiger partial charge in [-0.15, -0.1) is 0 Å². The molecule has 0 unspecified atom stereocenters. The van der Waals surface area contributed by atoms with E-state index in [0.717, 1.165) is 0 Å². The van der Waals surface area contributed by atoms with Crippen molar-refractivity contribution >= 4 is 26.3 Å². The molecule has 0 fully saturated rings. The van der Waals surface area contributed by atoms with Gasteiger partial charge in [0.1, 0.15) is 0 Å². The average molecular weight is 583 g/mol. The minimum atomic E-state index is -1.58. The van der Waals surface area contributed by atoms with Crippen LogP contribution in [0.4, 0.5) is 0 Å². The first kappa shape index (κ1) is 33.2. The summed E-state index contributed by atoms with van der Waals surface area (Å²) in [6.07, 6.45) is 38.8. The maximum absolute atomic E-state index is 3.20. The van der Waals surface area contributed by atoms with Crippen LogP contribution in [0.5, 0.6) is 0 Å². The van der Waals surface area contributed by atoms with Crippen LogP contribution >= 0.6 is 26.3 Å². The maximum atomic E-state index is 3.20. The first-order valence-corrected chi connectivity index (χ1v) is 21.0. The fourth-order valence-electron chi connectivity index (χ4n) is 5.47. The molecule has 0 aromatic rings. The third-order valence-electron chi connectivity index (χ3n) is 7.78. The third kappa shape index (κ3) is 18.5. The molecule has 2 heteroatoms. The van der Waals surface area contributed by atoms with Crippen LogP contribution in [0.3, 0.4) is 0 Å². The van der Waals surface area contributed by atoms with Crippen molar-refractivity contribution in [1.82, 2.24) is 0 Å². The molecule has 0 aromatic heterocycles. The zero-order valence-corrected chi connectivity index (χ0v) is 26.3. The molecule has 196 valence electrons. The zero-order chi connectivity index (χ0) is 23.8. The Labute approximate surface area is 219 Å². The van der Waals surface area contributed by atoms with Gasteiger partial charge in [0, 0.05) is 0 Å². The van der Waals surface area contributed by atoms with E-state index >= 15 is 0 Å². The van der Waals surface area contributed by atoms with Crippen LogP contribution < -0.4 is 0 Å². The van der Waals surface area contributed by atoms with Crippen molar-refractivity contribution in [2.24, 2.45) is 0 Å². The van der Waals surface area contributed by atoms with Gasteiger partial charge < -0.3 is 0 Å². The van der Waals surface area contributed by atoms with E-state index in [2.05, 4.69) is 49.7 Å². The summed E-state index contributed by atoms with van der Waals surface area (Å²) >= 11 is 3.20. The molecule has 0 amide bonds. The normalized spacial score (nSPS) is 13.3. The molecule has 0 aliphatic carbocycles. The van der Waals surface area contributed by atoms with E-state index in [0.29, 0.717) is 0 Å². The van der Waals surface area contributed by atoms with Gasteiger partial charge in [0.2, 0.25) is 0 Å². The summed E-state index contributed by atoms with van der Waals surface area (Å²) in [6.45, 7) is 9.39. The molecule has 0 rings (SSSR count). The van der Waals surface area contributed by atoms with E-state index < -0.39 is 4.25 Å². The van der Waals surface area contributed by atoms with Crippen LogP contribution in [0.25, 0.3) is 0 Å². The molecule has 0 nitrogen and oxygen atoms in total. The second-order valence-electron chi connectivity index (χ2n) is 11.1. The molecule has 32 heavy (non-hydrogen) atoms. The molecule has 0 aliphatic heterocycles. The molecule has 0 atom stereocenters. The van der Waals surface area contributed by atoms with E-state index in [-0.39, 0.29) is 0 Å². The summed E-state index contributed by atoms with van der Waals surface area (Å²) in [5.74, 6) is 0. The zero-order valence-electron chi connectivity index (χ0n) is 23.2. The van der Waals surface area contributed by atoms with Gasteiger partial charge in [-0.05, 0) is 0 Å². The van der Waals surface area contributed by atoms with Gasteiger partial charge in [-0.2, -0.15) is 0 Å². The van der Waals surface area contributed by atoms with E-state index in [4.69, 9.17) is 0 Å². The monoisotopic (exact) mass is 582 g/mol. The Morgan fingerprint density at radius 2 is 0.500 bits per heavy atom. The molecular weight excluding hydrogens is 518 g/mol. The van der Waals surface area contributed by atoms with Gasteiger partial charge in [-0.3, -0.25) is 0 Å². The summed E-state index contributed by atoms with van der Waals surface area (Å²) in [7, 11) is 0. The Morgan fingerprint density at radius 3 is 0.750 bits per heavy atom. The second kappa shape index (κ2) is 22.6. The van der Waals surface area contributed by atoms with Crippen LogP contribution in [0.2, 0.25) is 0 Å². The van der Waals surface area contributed by atoms with E-state index in [1.165, 1.54) is 141 Å². The van der Waals surface area contributed by atoms with Crippen LogP contribution in [0, 0.1) is 0 Å². The quantitative estimate of drug-likeness (QED) is 0.0541. The average Bonchev–Trinajstić information content (AvgIpc) is 2.79. The Kier molecular flexibility index (Phi) is 23.4. The van der Waals surface area contributed by atoms with Crippen LogP contribution in [-0.4, -0.2) is 24.6 Å². The van der Waals surface area contributed by atoms with Crippen molar-refractivity contribution in [3.8, 4) is 0 Å². The first-order valence-electron chi connectivity index (χ1n) is 15.3. The van der Waals surface area contributed by atoms with Gasteiger partial charge in [0.25, 0.3) is 0 Å². The van der Waals surface area contributed by atoms with Gasteiger partial charge in [0.15, 0.2) is 0 Å². The summed E-state index contributed by atoms with van der Waals surface area (Å²) in [5.41, 5.74) is 0. The Bertz CT molecular complexity index is 337. The van der Waals surface area contributed by atoms with Crippen molar-refractivity contribution in [3.05, 3.63) is 0 Å². The predicted molar refractivity (Wildman–Crippen MR) is 165 cm³/mol. The van der Waals surface area contributed by atoms with Crippen molar-refractivity contribution in [1.29, 1.82) is 0 Å². The Balaban J connectivity index is 4.95. The SMILES string of the molecule is CCCCCCCCP(I)(CCCCCC)(CCCCCCCC)CCCCCCCC. The fraction of sp³-hybridized carbons (Fsp3) is 1.00. The van der Waals surface area contributed by atoms with Gasteiger partial charge in [-0.1, -0.05) is 0 Å². The first-order chi connectivity index (χ1) is 15.5. The number of hydrogen-bond acceptors (Lipinski definition) is 0. The van der Waals surface area contributed by atoms with Crippen LogP contribution in [-0.2, 0) is 0 Å². The molecule has 0 saturated carbocycles. The Hall–Kier alpha value is 1.16. The number of hydrogen-bond donors (Lipinski definition) is 0. The minimum absolute atomic E-state index is 1.37. The fourth-order valence-corrected chi connectivity index (χ4v) is 15.0. The second-order valence-corrected chi connectivity index (χ2v) is 24.7. The summed E-state index contributed by atoms with van der Waals surface area (Å²) in [4.78, 5) is 0. The van der Waals surface area contributed by atoms with Gasteiger partial charge in [0.05, 0.1) is 0 Å². The van der Waals surface area contributed by atoms with Crippen molar-refractivity contribution < 1.29 is 0 Å². The van der Waals surface area contributed by atoms with Crippen LogP contribution in [0.1, 0.15) is 169 Å². The molecular formula is C30H64IP. The molecule has 0 radical (unpaired) electrons. The molecule has 0 saturated heterocycles. The number of rotatable bonds is 26. The van der Waals surface area contributed by atoms with Crippen molar-refractivity contribution in [3.63, 3.8) is 0 Å². The van der Waals surface area contributed by atoms with E-state index in [1.54, 1.807) is 24.6 Å². The summed E-state index contributed by atoms with van der Waals surface area (Å²) in [5, 5.41) is 0. The number of unbranched alkanes of at least 4 members (excludes halogenated alkanes) is 18. The van der Waals surface area contributed by atoms with Gasteiger partial charge in [-0.25, -0.2) is 0 Å². The molecule has 0 aromatic carbocycles. The Morgan fingerprint density at radius 1 is 0.312 bits per heavy atom. The third-order valence-corrected chi connectivity index (χ3v) is 19.3. The van der Waals surface area contributed by atoms with Gasteiger partial charge >= 0.3 is 220 Å². The predicted octanol–water partition coefficient (Wildman–Crippen LogP) is 12.6. The molecule has 0 N–H and O–H groups in total. The standard InChI is InChI=1S/C30H64IP/c1-5-9-13-17-20-24-28-32(31,27-23-16-12-8-4,29-25-21-18-14-10-6-2)30-26-22-19-15-11-7-3/h5-30H2,1-4H3. The van der Waals surface area contributed by atoms with E-state index in [9.17, 15) is 0 Å². The van der Waals surface area contributed by atoms with Crippen molar-refractivity contribution in [2.45, 2.75) is 169 Å². The summed E-state index contributed by atoms with van der Waals surface area (Å²) < 4.78 is -1.58. The number of halogens is 1. The van der Waals surface area contributed by atoms with E-state index in [1.807, 2.05) is 0 Å². The molecule has 0 spiro atoms. The van der Waals surface area contributed by atoms with Crippen LogP contribution in [0.15, 0.2) is 0 Å². The molecule has 0 aliphatic rings. The summed E-state index contributed by atoms with van der Waals surface area (Å²) in [6, 6.07) is 0.